The SMILES string of the molecule is CCCCc1ccc(OCC(C)(O)CNC2CC2)cc1. The van der Waals surface area contributed by atoms with Crippen LogP contribution >= 0.6 is 0 Å². The highest BCUT2D eigenvalue weighted by molar-refractivity contribution is 5.27. The predicted octanol–water partition coefficient (Wildman–Crippen LogP) is 2.91. The summed E-state index contributed by atoms with van der Waals surface area (Å²) in [5.74, 6) is 0.831. The van der Waals surface area contributed by atoms with Gasteiger partial charge in [-0.3, -0.25) is 0 Å². The molecular formula is C17H27NO2. The second-order valence-electron chi connectivity index (χ2n) is 6.19. The van der Waals surface area contributed by atoms with E-state index in [0.29, 0.717) is 19.2 Å². The van der Waals surface area contributed by atoms with E-state index in [1.54, 1.807) is 0 Å². The van der Waals surface area contributed by atoms with Crippen molar-refractivity contribution >= 4 is 0 Å². The largest absolute Gasteiger partial charge is 0.491 e. The van der Waals surface area contributed by atoms with Crippen LogP contribution in [0.1, 0.15) is 45.1 Å². The molecule has 1 atom stereocenters. The number of benzene rings is 1. The zero-order valence-corrected chi connectivity index (χ0v) is 12.7. The van der Waals surface area contributed by atoms with Gasteiger partial charge in [0.1, 0.15) is 18.0 Å². The topological polar surface area (TPSA) is 41.5 Å². The molecule has 3 heteroatoms. The Labute approximate surface area is 122 Å². The third kappa shape index (κ3) is 5.51. The van der Waals surface area contributed by atoms with E-state index in [4.69, 9.17) is 4.74 Å². The van der Waals surface area contributed by atoms with Gasteiger partial charge in [-0.25, -0.2) is 0 Å². The molecule has 3 nitrogen and oxygen atoms in total. The zero-order chi connectivity index (χ0) is 14.4. The maximum absolute atomic E-state index is 10.2. The number of rotatable bonds is 9. The fraction of sp³-hybridized carbons (Fsp3) is 0.647. The molecule has 1 aromatic carbocycles. The van der Waals surface area contributed by atoms with Crippen LogP contribution in [0.5, 0.6) is 5.75 Å². The van der Waals surface area contributed by atoms with Crippen LogP contribution in [0.15, 0.2) is 24.3 Å². The highest BCUT2D eigenvalue weighted by atomic mass is 16.5. The normalized spacial score (nSPS) is 17.8. The molecule has 0 amide bonds. The lowest BCUT2D eigenvalue weighted by atomic mass is 10.1. The molecule has 0 aliphatic heterocycles. The Bertz CT molecular complexity index is 396. The molecule has 20 heavy (non-hydrogen) atoms. The maximum Gasteiger partial charge on any atom is 0.119 e. The van der Waals surface area contributed by atoms with E-state index in [0.717, 1.165) is 12.2 Å². The van der Waals surface area contributed by atoms with Crippen LogP contribution in [0.2, 0.25) is 0 Å². The molecule has 1 aliphatic rings. The van der Waals surface area contributed by atoms with Crippen molar-refractivity contribution in [2.75, 3.05) is 13.2 Å². The predicted molar refractivity (Wildman–Crippen MR) is 82.2 cm³/mol. The van der Waals surface area contributed by atoms with Crippen molar-refractivity contribution in [3.8, 4) is 5.75 Å². The van der Waals surface area contributed by atoms with Crippen molar-refractivity contribution in [3.63, 3.8) is 0 Å². The summed E-state index contributed by atoms with van der Waals surface area (Å²) in [6.07, 6.45) is 6.03. The van der Waals surface area contributed by atoms with E-state index < -0.39 is 5.60 Å². The van der Waals surface area contributed by atoms with Gasteiger partial charge in [-0.05, 0) is 50.3 Å². The first-order valence-corrected chi connectivity index (χ1v) is 7.76. The van der Waals surface area contributed by atoms with E-state index in [-0.39, 0.29) is 0 Å². The highest BCUT2D eigenvalue weighted by Gasteiger charge is 2.27. The maximum atomic E-state index is 10.2. The van der Waals surface area contributed by atoms with E-state index in [9.17, 15) is 5.11 Å². The minimum Gasteiger partial charge on any atom is -0.491 e. The van der Waals surface area contributed by atoms with E-state index >= 15 is 0 Å². The van der Waals surface area contributed by atoms with Crippen molar-refractivity contribution in [2.24, 2.45) is 0 Å². The smallest absolute Gasteiger partial charge is 0.119 e. The minimum atomic E-state index is -0.816. The molecule has 0 aromatic heterocycles. The van der Waals surface area contributed by atoms with Crippen molar-refractivity contribution < 1.29 is 9.84 Å². The number of aryl methyl sites for hydroxylation is 1. The fourth-order valence-corrected chi connectivity index (χ4v) is 2.07. The summed E-state index contributed by atoms with van der Waals surface area (Å²) in [4.78, 5) is 0. The first-order valence-electron chi connectivity index (χ1n) is 7.76. The summed E-state index contributed by atoms with van der Waals surface area (Å²) in [6, 6.07) is 8.83. The fourth-order valence-electron chi connectivity index (χ4n) is 2.07. The molecule has 1 aliphatic carbocycles. The van der Waals surface area contributed by atoms with Gasteiger partial charge in [0.05, 0.1) is 0 Å². The molecule has 1 fully saturated rings. The van der Waals surface area contributed by atoms with Gasteiger partial charge in [-0.1, -0.05) is 25.5 Å². The van der Waals surface area contributed by atoms with E-state index in [1.165, 1.54) is 31.2 Å². The Morgan fingerprint density at radius 3 is 2.60 bits per heavy atom. The third-order valence-corrected chi connectivity index (χ3v) is 3.64. The molecule has 2 N–H and O–H groups in total. The van der Waals surface area contributed by atoms with Gasteiger partial charge in [-0.2, -0.15) is 0 Å². The third-order valence-electron chi connectivity index (χ3n) is 3.64. The first kappa shape index (κ1) is 15.3. The van der Waals surface area contributed by atoms with Gasteiger partial charge >= 0.3 is 0 Å². The monoisotopic (exact) mass is 277 g/mol. The Morgan fingerprint density at radius 1 is 1.30 bits per heavy atom. The number of hydrogen-bond acceptors (Lipinski definition) is 3. The lowest BCUT2D eigenvalue weighted by Gasteiger charge is -2.24. The number of ether oxygens (including phenoxy) is 1. The molecule has 0 saturated heterocycles. The Morgan fingerprint density at radius 2 is 2.00 bits per heavy atom. The van der Waals surface area contributed by atoms with Crippen molar-refractivity contribution in [1.82, 2.24) is 5.32 Å². The van der Waals surface area contributed by atoms with Gasteiger partial charge in [0.25, 0.3) is 0 Å². The van der Waals surface area contributed by atoms with Crippen molar-refractivity contribution in [3.05, 3.63) is 29.8 Å². The zero-order valence-electron chi connectivity index (χ0n) is 12.7. The highest BCUT2D eigenvalue weighted by Crippen LogP contribution is 2.20. The summed E-state index contributed by atoms with van der Waals surface area (Å²) in [5.41, 5.74) is 0.532. The van der Waals surface area contributed by atoms with Crippen molar-refractivity contribution in [2.45, 2.75) is 57.6 Å². The molecule has 2 rings (SSSR count). The Hall–Kier alpha value is -1.06. The number of unbranched alkanes of at least 4 members (excludes halogenated alkanes) is 1. The lowest BCUT2D eigenvalue weighted by molar-refractivity contribution is 0.0120. The average molecular weight is 277 g/mol. The van der Waals surface area contributed by atoms with Crippen LogP contribution in [-0.4, -0.2) is 29.9 Å². The standard InChI is InChI=1S/C17H27NO2/c1-3-4-5-14-6-10-16(11-7-14)20-13-17(2,19)12-18-15-8-9-15/h6-7,10-11,15,18-19H,3-5,8-9,12-13H2,1-2H3. The first-order chi connectivity index (χ1) is 9.59. The molecular weight excluding hydrogens is 250 g/mol. The van der Waals surface area contributed by atoms with Gasteiger partial charge < -0.3 is 15.2 Å². The van der Waals surface area contributed by atoms with Crippen LogP contribution in [0.4, 0.5) is 0 Å². The van der Waals surface area contributed by atoms with Crippen LogP contribution in [-0.2, 0) is 6.42 Å². The van der Waals surface area contributed by atoms with Gasteiger partial charge in [0.15, 0.2) is 0 Å². The summed E-state index contributed by atoms with van der Waals surface area (Å²) in [7, 11) is 0. The lowest BCUT2D eigenvalue weighted by Crippen LogP contribution is -2.43. The summed E-state index contributed by atoms with van der Waals surface area (Å²) in [5, 5.41) is 13.6. The summed E-state index contributed by atoms with van der Waals surface area (Å²) in [6.45, 7) is 4.93. The molecule has 1 unspecified atom stereocenters. The van der Waals surface area contributed by atoms with Crippen LogP contribution in [0.3, 0.4) is 0 Å². The molecule has 0 spiro atoms. The van der Waals surface area contributed by atoms with Crippen LogP contribution in [0.25, 0.3) is 0 Å². The molecule has 0 radical (unpaired) electrons. The number of nitrogens with one attached hydrogen (secondary N) is 1. The van der Waals surface area contributed by atoms with E-state index in [1.807, 2.05) is 19.1 Å². The summed E-state index contributed by atoms with van der Waals surface area (Å²) >= 11 is 0. The average Bonchev–Trinajstić information content (AvgIpc) is 3.26. The molecule has 1 aromatic rings. The Kier molecular flexibility index (Phi) is 5.44. The summed E-state index contributed by atoms with van der Waals surface area (Å²) < 4.78 is 5.69. The van der Waals surface area contributed by atoms with Crippen LogP contribution in [0, 0.1) is 0 Å². The van der Waals surface area contributed by atoms with Gasteiger partial charge in [-0.15, -0.1) is 0 Å². The molecule has 112 valence electrons. The quantitative estimate of drug-likeness (QED) is 0.729. The number of hydrogen-bond donors (Lipinski definition) is 2. The second kappa shape index (κ2) is 7.09. The van der Waals surface area contributed by atoms with Gasteiger partial charge in [0.2, 0.25) is 0 Å². The minimum absolute atomic E-state index is 0.320. The van der Waals surface area contributed by atoms with Gasteiger partial charge in [0, 0.05) is 12.6 Å². The number of aliphatic hydroxyl groups is 1. The molecule has 0 heterocycles. The second-order valence-corrected chi connectivity index (χ2v) is 6.19. The van der Waals surface area contributed by atoms with Crippen molar-refractivity contribution in [1.29, 1.82) is 0 Å². The Balaban J connectivity index is 1.74. The molecule has 1 saturated carbocycles. The van der Waals surface area contributed by atoms with Crippen LogP contribution < -0.4 is 10.1 Å². The van der Waals surface area contributed by atoms with E-state index in [2.05, 4.69) is 24.4 Å². The molecule has 0 bridgehead atoms.